The average molecular weight is 601 g/mol. The Kier molecular flexibility index (Phi) is 7.74. The Morgan fingerprint density at radius 1 is 1.09 bits per heavy atom. The number of hydrogen-bond acceptors (Lipinski definition) is 7. The summed E-state index contributed by atoms with van der Waals surface area (Å²) in [5, 5.41) is 2.70. The number of nitrogens with one attached hydrogen (secondary N) is 2. The summed E-state index contributed by atoms with van der Waals surface area (Å²) in [4.78, 5) is 35.3. The lowest BCUT2D eigenvalue weighted by Gasteiger charge is -2.32. The number of fused-ring (bicyclic) bond motifs is 3. The van der Waals surface area contributed by atoms with Crippen LogP contribution in [0.2, 0.25) is 0 Å². The highest BCUT2D eigenvalue weighted by Gasteiger charge is 2.51. The molecular weight excluding hydrogens is 559 g/mol. The number of rotatable bonds is 6. The van der Waals surface area contributed by atoms with Crippen molar-refractivity contribution < 1.29 is 28.4 Å². The van der Waals surface area contributed by atoms with Crippen LogP contribution in [0.15, 0.2) is 42.6 Å². The number of ether oxygens (including phenoxy) is 2. The van der Waals surface area contributed by atoms with Crippen LogP contribution in [0.4, 0.5) is 4.79 Å². The van der Waals surface area contributed by atoms with E-state index in [2.05, 4.69) is 73.3 Å². The van der Waals surface area contributed by atoms with Gasteiger partial charge >= 0.3 is 13.2 Å². The second kappa shape index (κ2) is 11.3. The maximum absolute atomic E-state index is 13.5. The maximum atomic E-state index is 13.5. The molecule has 0 spiro atoms. The lowest BCUT2D eigenvalue weighted by Crippen LogP contribution is -2.51. The fourth-order valence-electron chi connectivity index (χ4n) is 6.15. The molecular formula is C33H41BN4O6. The van der Waals surface area contributed by atoms with Gasteiger partial charge in [-0.05, 0) is 75.2 Å². The smallest absolute Gasteiger partial charge is 0.488 e. The largest absolute Gasteiger partial charge is 0.494 e. The summed E-state index contributed by atoms with van der Waals surface area (Å²) >= 11 is 0. The van der Waals surface area contributed by atoms with Gasteiger partial charge in [0.1, 0.15) is 24.2 Å². The molecule has 2 saturated heterocycles. The normalized spacial score (nSPS) is 20.6. The monoisotopic (exact) mass is 600 g/mol. The number of amides is 2. The first-order valence-electron chi connectivity index (χ1n) is 15.3. The van der Waals surface area contributed by atoms with E-state index in [1.54, 1.807) is 6.20 Å². The van der Waals surface area contributed by atoms with E-state index in [0.717, 1.165) is 57.8 Å². The van der Waals surface area contributed by atoms with Crippen LogP contribution in [-0.2, 0) is 25.4 Å². The van der Waals surface area contributed by atoms with Crippen molar-refractivity contribution in [1.82, 2.24) is 20.2 Å². The quantitative estimate of drug-likeness (QED) is 0.384. The van der Waals surface area contributed by atoms with E-state index in [1.807, 2.05) is 24.8 Å². The first-order valence-corrected chi connectivity index (χ1v) is 15.3. The fraction of sp³-hybridized carbons (Fsp3) is 0.485. The molecule has 10 nitrogen and oxygen atoms in total. The van der Waals surface area contributed by atoms with Crippen LogP contribution in [-0.4, -0.2) is 64.9 Å². The SMILES string of the molecule is COC(=O)N[C@H](C(=O)N1CCC[C@H]1c1ncc(-c2ccc3c(c2)OCc2cc(B4OC(C)(C)C(C)(C)O4)ccc2-3)[nH]1)C(C)C. The number of aromatic amines is 1. The minimum atomic E-state index is -0.675. The molecule has 2 amide bonds. The highest BCUT2D eigenvalue weighted by atomic mass is 16.7. The highest BCUT2D eigenvalue weighted by molar-refractivity contribution is 6.62. The summed E-state index contributed by atoms with van der Waals surface area (Å²) in [5.41, 5.74) is 5.23. The van der Waals surface area contributed by atoms with Gasteiger partial charge in [-0.15, -0.1) is 0 Å². The summed E-state index contributed by atoms with van der Waals surface area (Å²) in [7, 11) is 0.874. The van der Waals surface area contributed by atoms with Gasteiger partial charge in [-0.1, -0.05) is 38.1 Å². The van der Waals surface area contributed by atoms with Gasteiger partial charge in [0.2, 0.25) is 5.91 Å². The third-order valence-corrected chi connectivity index (χ3v) is 9.46. The lowest BCUT2D eigenvalue weighted by molar-refractivity contribution is -0.135. The highest BCUT2D eigenvalue weighted by Crippen LogP contribution is 2.41. The van der Waals surface area contributed by atoms with E-state index < -0.39 is 30.5 Å². The molecule has 0 aliphatic carbocycles. The Bertz CT molecular complexity index is 1570. The predicted molar refractivity (Wildman–Crippen MR) is 167 cm³/mol. The molecule has 11 heteroatoms. The van der Waals surface area contributed by atoms with Gasteiger partial charge in [0.05, 0.1) is 36.2 Å². The Balaban J connectivity index is 1.20. The van der Waals surface area contributed by atoms with Gasteiger partial charge in [0.15, 0.2) is 0 Å². The van der Waals surface area contributed by atoms with E-state index in [4.69, 9.17) is 18.8 Å². The molecule has 3 aliphatic rings. The molecule has 2 N–H and O–H groups in total. The topological polar surface area (TPSA) is 115 Å². The number of carbonyl (C=O) groups excluding carboxylic acids is 2. The van der Waals surface area contributed by atoms with Crippen molar-refractivity contribution >= 4 is 24.6 Å². The third kappa shape index (κ3) is 5.36. The molecule has 232 valence electrons. The van der Waals surface area contributed by atoms with Crippen molar-refractivity contribution in [2.45, 2.75) is 84.3 Å². The number of imidazole rings is 1. The molecule has 6 rings (SSSR count). The van der Waals surface area contributed by atoms with E-state index in [9.17, 15) is 9.59 Å². The predicted octanol–water partition coefficient (Wildman–Crippen LogP) is 4.98. The van der Waals surface area contributed by atoms with Gasteiger partial charge in [-0.3, -0.25) is 4.79 Å². The number of benzene rings is 2. The summed E-state index contributed by atoms with van der Waals surface area (Å²) < 4.78 is 23.5. The van der Waals surface area contributed by atoms with E-state index in [-0.39, 0.29) is 17.9 Å². The summed E-state index contributed by atoms with van der Waals surface area (Å²) in [6.45, 7) is 13.1. The Hall–Kier alpha value is -3.83. The van der Waals surface area contributed by atoms with E-state index in [1.165, 1.54) is 7.11 Å². The average Bonchev–Trinajstić information content (AvgIpc) is 3.72. The number of hydrogen-bond donors (Lipinski definition) is 2. The second-order valence-electron chi connectivity index (χ2n) is 13.2. The Morgan fingerprint density at radius 3 is 2.52 bits per heavy atom. The Labute approximate surface area is 259 Å². The lowest BCUT2D eigenvalue weighted by atomic mass is 9.77. The van der Waals surface area contributed by atoms with Crippen molar-refractivity contribution in [3.05, 3.63) is 54.0 Å². The van der Waals surface area contributed by atoms with Crippen LogP contribution in [0.3, 0.4) is 0 Å². The van der Waals surface area contributed by atoms with Gasteiger partial charge in [-0.2, -0.15) is 0 Å². The molecule has 2 aromatic carbocycles. The number of likely N-dealkylation sites (tertiary alicyclic amines) is 1. The van der Waals surface area contributed by atoms with Crippen molar-refractivity contribution in [2.75, 3.05) is 13.7 Å². The maximum Gasteiger partial charge on any atom is 0.494 e. The van der Waals surface area contributed by atoms with E-state index >= 15 is 0 Å². The zero-order chi connectivity index (χ0) is 31.4. The van der Waals surface area contributed by atoms with Crippen molar-refractivity contribution in [2.24, 2.45) is 5.92 Å². The minimum Gasteiger partial charge on any atom is -0.488 e. The van der Waals surface area contributed by atoms with Crippen LogP contribution in [0.1, 0.15) is 71.8 Å². The van der Waals surface area contributed by atoms with Crippen molar-refractivity contribution in [3.63, 3.8) is 0 Å². The van der Waals surface area contributed by atoms with Crippen LogP contribution in [0.25, 0.3) is 22.4 Å². The van der Waals surface area contributed by atoms with Crippen LogP contribution >= 0.6 is 0 Å². The summed E-state index contributed by atoms with van der Waals surface area (Å²) in [6, 6.07) is 11.6. The Morgan fingerprint density at radius 2 is 1.82 bits per heavy atom. The zero-order valence-electron chi connectivity index (χ0n) is 26.5. The number of methoxy groups -OCH3 is 1. The summed E-state index contributed by atoms with van der Waals surface area (Å²) in [5.74, 6) is 1.31. The fourth-order valence-corrected chi connectivity index (χ4v) is 6.15. The van der Waals surface area contributed by atoms with Crippen LogP contribution < -0.4 is 15.5 Å². The van der Waals surface area contributed by atoms with Gasteiger partial charge in [-0.25, -0.2) is 9.78 Å². The molecule has 2 fully saturated rings. The van der Waals surface area contributed by atoms with Gasteiger partial charge < -0.3 is 34.0 Å². The molecule has 3 aliphatic heterocycles. The number of nitrogens with zero attached hydrogens (tertiary/aromatic N) is 2. The number of aromatic nitrogens is 2. The zero-order valence-corrected chi connectivity index (χ0v) is 26.5. The number of alkyl carbamates (subject to hydrolysis) is 1. The first-order chi connectivity index (χ1) is 20.9. The minimum absolute atomic E-state index is 0.0918. The molecule has 2 atom stereocenters. The molecule has 0 radical (unpaired) electrons. The molecule has 0 bridgehead atoms. The first kappa shape index (κ1) is 30.2. The standard InChI is InChI=1S/C33H41BN4O6/c1-19(2)28(37-31(40)41-7)30(39)38-14-8-9-26(38)29-35-17-25(36-29)20-10-12-24-23-13-11-22(15-21(23)18-42-27(24)16-20)34-43-32(3,4)33(5,6)44-34/h10-13,15-17,19,26,28H,8-9,14,18H2,1-7H3,(H,35,36)(H,37,40)/t26-,28-/m0/s1. The second-order valence-corrected chi connectivity index (χ2v) is 13.2. The molecule has 0 unspecified atom stereocenters. The molecule has 0 saturated carbocycles. The molecule has 1 aromatic heterocycles. The number of carbonyl (C=O) groups is 2. The van der Waals surface area contributed by atoms with E-state index in [0.29, 0.717) is 13.2 Å². The van der Waals surface area contributed by atoms with Gasteiger partial charge in [0, 0.05) is 17.7 Å². The van der Waals surface area contributed by atoms with Crippen LogP contribution in [0, 0.1) is 5.92 Å². The molecule has 4 heterocycles. The molecule has 3 aromatic rings. The number of H-pyrrole nitrogens is 1. The van der Waals surface area contributed by atoms with Crippen molar-refractivity contribution in [1.29, 1.82) is 0 Å². The molecule has 44 heavy (non-hydrogen) atoms. The van der Waals surface area contributed by atoms with Gasteiger partial charge in [0.25, 0.3) is 0 Å². The van der Waals surface area contributed by atoms with Crippen molar-refractivity contribution in [3.8, 4) is 28.1 Å². The third-order valence-electron chi connectivity index (χ3n) is 9.46. The van der Waals surface area contributed by atoms with Crippen LogP contribution in [0.5, 0.6) is 5.75 Å². The summed E-state index contributed by atoms with van der Waals surface area (Å²) in [6.07, 6.45) is 2.84.